The first-order valence-electron chi connectivity index (χ1n) is 9.37. The Morgan fingerprint density at radius 1 is 1.21 bits per heavy atom. The van der Waals surface area contributed by atoms with Crippen LogP contribution in [-0.2, 0) is 25.8 Å². The van der Waals surface area contributed by atoms with Gasteiger partial charge in [-0.05, 0) is 48.2 Å². The summed E-state index contributed by atoms with van der Waals surface area (Å²) in [7, 11) is -0.544. The molecule has 1 heterocycles. The van der Waals surface area contributed by atoms with Crippen LogP contribution in [0.4, 0.5) is 0 Å². The third-order valence-electron chi connectivity index (χ3n) is 4.67. The zero-order chi connectivity index (χ0) is 21.0. The monoisotopic (exact) mass is 410 g/mol. The second kappa shape index (κ2) is 8.57. The molecule has 29 heavy (non-hydrogen) atoms. The van der Waals surface area contributed by atoms with Crippen molar-refractivity contribution in [2.24, 2.45) is 0 Å². The Morgan fingerprint density at radius 2 is 1.97 bits per heavy atom. The van der Waals surface area contributed by atoms with Crippen LogP contribution in [0.15, 0.2) is 60.8 Å². The molecule has 0 spiro atoms. The van der Waals surface area contributed by atoms with Crippen molar-refractivity contribution in [3.8, 4) is 11.3 Å². The number of carbonyl (C=O) groups is 1. The predicted molar refractivity (Wildman–Crippen MR) is 122 cm³/mol. The number of benzene rings is 2. The van der Waals surface area contributed by atoms with E-state index in [1.54, 1.807) is 30.7 Å². The van der Waals surface area contributed by atoms with Gasteiger partial charge in [-0.1, -0.05) is 36.4 Å². The summed E-state index contributed by atoms with van der Waals surface area (Å²) < 4.78 is 20.8. The van der Waals surface area contributed by atoms with Crippen molar-refractivity contribution in [3.63, 3.8) is 0 Å². The highest BCUT2D eigenvalue weighted by atomic mass is 32.2. The van der Waals surface area contributed by atoms with E-state index in [4.69, 9.17) is 4.74 Å². The first-order valence-corrected chi connectivity index (χ1v) is 11.5. The van der Waals surface area contributed by atoms with E-state index in [1.807, 2.05) is 59.2 Å². The van der Waals surface area contributed by atoms with E-state index in [1.165, 1.54) is 0 Å². The lowest BCUT2D eigenvalue weighted by Gasteiger charge is -2.15. The van der Waals surface area contributed by atoms with Crippen molar-refractivity contribution >= 4 is 38.5 Å². The van der Waals surface area contributed by atoms with Gasteiger partial charge in [0, 0.05) is 45.8 Å². The van der Waals surface area contributed by atoms with Gasteiger partial charge in [0.2, 0.25) is 0 Å². The number of fused-ring (bicyclic) bond motifs is 1. The van der Waals surface area contributed by atoms with Crippen LogP contribution in [0, 0.1) is 0 Å². The van der Waals surface area contributed by atoms with Gasteiger partial charge >= 0.3 is 5.97 Å². The lowest BCUT2D eigenvalue weighted by molar-refractivity contribution is -0.143. The standard InChI is InChI=1S/C23H26N2O3S/c1-5-28-23(26)17-25-21-12-7-6-10-20(21)16-22(25)19-11-8-9-18(15-19)13-14-24(2)29(3,4)27/h6-16H,3,5,17H2,1-2,4H3. The molecule has 1 aromatic heterocycles. The zero-order valence-corrected chi connectivity index (χ0v) is 17.8. The SMILES string of the molecule is C=S(C)(=O)N(C)C=Cc1cccc(-c2cc3ccccc3n2CC(=O)OCC)c1. The summed E-state index contributed by atoms with van der Waals surface area (Å²) in [6.07, 6.45) is 5.26. The molecular formula is C23H26N2O3S. The Kier molecular flexibility index (Phi) is 6.13. The fourth-order valence-electron chi connectivity index (χ4n) is 3.08. The Hall–Kier alpha value is -2.99. The highest BCUT2D eigenvalue weighted by Crippen LogP contribution is 2.29. The molecule has 3 rings (SSSR count). The summed E-state index contributed by atoms with van der Waals surface area (Å²) >= 11 is 0. The fourth-order valence-corrected chi connectivity index (χ4v) is 3.40. The quantitative estimate of drug-likeness (QED) is 0.436. The average molecular weight is 411 g/mol. The van der Waals surface area contributed by atoms with Crippen molar-refractivity contribution in [1.82, 2.24) is 8.87 Å². The van der Waals surface area contributed by atoms with Gasteiger partial charge in [-0.3, -0.25) is 4.79 Å². The summed E-state index contributed by atoms with van der Waals surface area (Å²) in [6.45, 7) is 2.31. The van der Waals surface area contributed by atoms with Crippen LogP contribution in [0.5, 0.6) is 0 Å². The number of rotatable bonds is 7. The number of hydrogen-bond acceptors (Lipinski definition) is 3. The van der Waals surface area contributed by atoms with E-state index >= 15 is 0 Å². The van der Waals surface area contributed by atoms with Gasteiger partial charge in [-0.25, -0.2) is 4.21 Å². The largest absolute Gasteiger partial charge is 0.465 e. The second-order valence-corrected chi connectivity index (χ2v) is 9.42. The summed E-state index contributed by atoms with van der Waals surface area (Å²) in [5.74, 6) is 3.42. The van der Waals surface area contributed by atoms with E-state index in [-0.39, 0.29) is 12.5 Å². The molecule has 2 aromatic carbocycles. The molecule has 152 valence electrons. The minimum Gasteiger partial charge on any atom is -0.465 e. The number of carbonyl (C=O) groups excluding carboxylic acids is 1. The summed E-state index contributed by atoms with van der Waals surface area (Å²) in [5.41, 5.74) is 3.88. The molecule has 0 aliphatic carbocycles. The molecule has 0 N–H and O–H groups in total. The molecule has 0 aliphatic rings. The van der Waals surface area contributed by atoms with Gasteiger partial charge in [-0.2, -0.15) is 0 Å². The van der Waals surface area contributed by atoms with Gasteiger partial charge in [0.25, 0.3) is 0 Å². The fraction of sp³-hybridized carbons (Fsp3) is 0.217. The summed E-state index contributed by atoms with van der Waals surface area (Å²) in [6, 6.07) is 18.1. The minimum atomic E-state index is -2.29. The van der Waals surface area contributed by atoms with Crippen molar-refractivity contribution in [2.45, 2.75) is 13.5 Å². The Labute approximate surface area is 172 Å². The average Bonchev–Trinajstić information content (AvgIpc) is 3.04. The molecule has 0 saturated heterocycles. The van der Waals surface area contributed by atoms with E-state index < -0.39 is 9.71 Å². The minimum absolute atomic E-state index is 0.152. The van der Waals surface area contributed by atoms with Gasteiger partial charge in [-0.15, -0.1) is 0 Å². The topological polar surface area (TPSA) is 51.5 Å². The number of hydrogen-bond donors (Lipinski definition) is 0. The number of ether oxygens (including phenoxy) is 1. The van der Waals surface area contributed by atoms with Gasteiger partial charge in [0.15, 0.2) is 0 Å². The van der Waals surface area contributed by atoms with Crippen molar-refractivity contribution in [2.75, 3.05) is 19.9 Å². The molecule has 5 nitrogen and oxygen atoms in total. The van der Waals surface area contributed by atoms with Gasteiger partial charge in [0.1, 0.15) is 6.54 Å². The number of para-hydroxylation sites is 1. The molecule has 3 aromatic rings. The molecule has 0 saturated carbocycles. The molecule has 1 atom stereocenters. The molecule has 0 bridgehead atoms. The van der Waals surface area contributed by atoms with Crippen molar-refractivity contribution in [3.05, 3.63) is 66.4 Å². The maximum atomic E-state index is 12.2. The summed E-state index contributed by atoms with van der Waals surface area (Å²) in [5, 5.41) is 1.07. The third-order valence-corrected chi connectivity index (χ3v) is 6.01. The van der Waals surface area contributed by atoms with Gasteiger partial charge < -0.3 is 13.6 Å². The van der Waals surface area contributed by atoms with Crippen LogP contribution in [0.25, 0.3) is 28.2 Å². The zero-order valence-electron chi connectivity index (χ0n) is 17.0. The molecule has 0 fully saturated rings. The van der Waals surface area contributed by atoms with Crippen LogP contribution in [0.1, 0.15) is 12.5 Å². The van der Waals surface area contributed by atoms with Crippen LogP contribution in [-0.4, -0.2) is 44.8 Å². The number of aromatic nitrogens is 1. The van der Waals surface area contributed by atoms with Crippen LogP contribution in [0.2, 0.25) is 0 Å². The molecular weight excluding hydrogens is 384 g/mol. The Morgan fingerprint density at radius 3 is 2.69 bits per heavy atom. The first kappa shape index (κ1) is 20.7. The lowest BCUT2D eigenvalue weighted by atomic mass is 10.1. The van der Waals surface area contributed by atoms with Crippen molar-refractivity contribution in [1.29, 1.82) is 0 Å². The Bertz CT molecular complexity index is 1160. The third kappa shape index (κ3) is 4.90. The molecule has 1 unspecified atom stereocenters. The van der Waals surface area contributed by atoms with E-state index in [9.17, 15) is 9.00 Å². The van der Waals surface area contributed by atoms with E-state index in [0.29, 0.717) is 6.61 Å². The highest BCUT2D eigenvalue weighted by Gasteiger charge is 2.14. The molecule has 0 amide bonds. The smallest absolute Gasteiger partial charge is 0.325 e. The van der Waals surface area contributed by atoms with E-state index in [0.717, 1.165) is 27.7 Å². The highest BCUT2D eigenvalue weighted by molar-refractivity contribution is 7.97. The molecule has 0 radical (unpaired) electrons. The molecule has 0 aliphatic heterocycles. The van der Waals surface area contributed by atoms with E-state index in [2.05, 4.69) is 11.9 Å². The van der Waals surface area contributed by atoms with Crippen LogP contribution in [0.3, 0.4) is 0 Å². The maximum absolute atomic E-state index is 12.2. The molecule has 6 heteroatoms. The van der Waals surface area contributed by atoms with Crippen LogP contribution < -0.4 is 0 Å². The summed E-state index contributed by atoms with van der Waals surface area (Å²) in [4.78, 5) is 12.2. The number of esters is 1. The predicted octanol–water partition coefficient (Wildman–Crippen LogP) is 4.04. The van der Waals surface area contributed by atoms with Gasteiger partial charge in [0.05, 0.1) is 6.61 Å². The van der Waals surface area contributed by atoms with Crippen LogP contribution >= 0.6 is 0 Å². The van der Waals surface area contributed by atoms with Crippen molar-refractivity contribution < 1.29 is 13.7 Å². The maximum Gasteiger partial charge on any atom is 0.325 e. The Balaban J connectivity index is 2.02. The lowest BCUT2D eigenvalue weighted by Crippen LogP contribution is -2.18. The normalized spacial score (nSPS) is 13.5. The number of nitrogens with zero attached hydrogens (tertiary/aromatic N) is 2. The first-order chi connectivity index (χ1) is 13.8. The second-order valence-electron chi connectivity index (χ2n) is 6.93.